The van der Waals surface area contributed by atoms with Crippen molar-refractivity contribution >= 4 is 5.78 Å². The lowest BCUT2D eigenvalue weighted by Crippen LogP contribution is -2.09. The predicted octanol–water partition coefficient (Wildman–Crippen LogP) is 2.20. The van der Waals surface area contributed by atoms with Gasteiger partial charge in [-0.25, -0.2) is 0 Å². The molecule has 1 N–H and O–H groups in total. The third kappa shape index (κ3) is 3.01. The third-order valence-electron chi connectivity index (χ3n) is 1.71. The maximum absolute atomic E-state index is 10.9. The van der Waals surface area contributed by atoms with E-state index in [-0.39, 0.29) is 11.2 Å². The smallest absolute Gasteiger partial charge is 0.179 e. The van der Waals surface area contributed by atoms with Crippen LogP contribution in [0.15, 0.2) is 6.07 Å². The van der Waals surface area contributed by atoms with E-state index in [4.69, 9.17) is 0 Å². The molecule has 1 aromatic rings. The number of H-pyrrole nitrogens is 1. The summed E-state index contributed by atoms with van der Waals surface area (Å²) < 4.78 is 0. The number of nitrogens with one attached hydrogen (secondary N) is 1. The van der Waals surface area contributed by atoms with Crippen LogP contribution in [-0.4, -0.2) is 16.0 Å². The Morgan fingerprint density at radius 1 is 1.54 bits per heavy atom. The van der Waals surface area contributed by atoms with Gasteiger partial charge in [0.05, 0.1) is 0 Å². The van der Waals surface area contributed by atoms with Gasteiger partial charge in [0.1, 0.15) is 5.69 Å². The van der Waals surface area contributed by atoms with Crippen LogP contribution in [-0.2, 0) is 6.42 Å². The van der Waals surface area contributed by atoms with Gasteiger partial charge in [0.2, 0.25) is 0 Å². The van der Waals surface area contributed by atoms with E-state index in [1.807, 2.05) is 6.07 Å². The van der Waals surface area contributed by atoms with Crippen LogP contribution in [0.5, 0.6) is 0 Å². The lowest BCUT2D eigenvalue weighted by molar-refractivity contribution is 0.101. The van der Waals surface area contributed by atoms with E-state index in [2.05, 4.69) is 31.0 Å². The lowest BCUT2D eigenvalue weighted by Gasteiger charge is -2.15. The Morgan fingerprint density at radius 3 is 2.54 bits per heavy atom. The van der Waals surface area contributed by atoms with Crippen molar-refractivity contribution in [2.24, 2.45) is 5.41 Å². The normalized spacial score (nSPS) is 11.7. The van der Waals surface area contributed by atoms with Gasteiger partial charge in [-0.3, -0.25) is 9.89 Å². The molecular formula is C10H16N2O. The molecular weight excluding hydrogens is 164 g/mol. The second kappa shape index (κ2) is 3.32. The zero-order valence-electron chi connectivity index (χ0n) is 8.64. The van der Waals surface area contributed by atoms with Gasteiger partial charge in [-0.15, -0.1) is 0 Å². The average molecular weight is 180 g/mol. The molecule has 0 unspecified atom stereocenters. The Hall–Kier alpha value is -1.12. The molecule has 0 aliphatic rings. The highest BCUT2D eigenvalue weighted by molar-refractivity contribution is 5.92. The molecule has 3 nitrogen and oxygen atoms in total. The van der Waals surface area contributed by atoms with Gasteiger partial charge >= 0.3 is 0 Å². The molecule has 1 heterocycles. The molecule has 0 saturated heterocycles. The minimum atomic E-state index is 0.0106. The number of hydrogen-bond acceptors (Lipinski definition) is 2. The van der Waals surface area contributed by atoms with Gasteiger partial charge in [0.15, 0.2) is 5.78 Å². The molecule has 72 valence electrons. The molecule has 0 saturated carbocycles. The largest absolute Gasteiger partial charge is 0.293 e. The molecule has 0 aliphatic heterocycles. The second-order valence-corrected chi connectivity index (χ2v) is 4.57. The number of ketones is 1. The van der Waals surface area contributed by atoms with E-state index in [0.29, 0.717) is 5.69 Å². The van der Waals surface area contributed by atoms with Crippen molar-refractivity contribution in [3.05, 3.63) is 17.5 Å². The predicted molar refractivity (Wildman–Crippen MR) is 51.8 cm³/mol. The van der Waals surface area contributed by atoms with E-state index in [0.717, 1.165) is 12.1 Å². The van der Waals surface area contributed by atoms with Crippen LogP contribution < -0.4 is 0 Å². The van der Waals surface area contributed by atoms with Crippen LogP contribution in [0.4, 0.5) is 0 Å². The van der Waals surface area contributed by atoms with Crippen LogP contribution in [0.2, 0.25) is 0 Å². The highest BCUT2D eigenvalue weighted by atomic mass is 16.1. The molecule has 13 heavy (non-hydrogen) atoms. The van der Waals surface area contributed by atoms with E-state index in [1.54, 1.807) is 0 Å². The van der Waals surface area contributed by atoms with Crippen molar-refractivity contribution in [2.45, 2.75) is 34.1 Å². The molecule has 0 amide bonds. The van der Waals surface area contributed by atoms with Gasteiger partial charge in [-0.2, -0.15) is 5.10 Å². The lowest BCUT2D eigenvalue weighted by atomic mass is 9.90. The topological polar surface area (TPSA) is 45.8 Å². The van der Waals surface area contributed by atoms with Crippen LogP contribution in [0, 0.1) is 5.41 Å². The summed E-state index contributed by atoms with van der Waals surface area (Å²) in [5.41, 5.74) is 1.78. The standard InChI is InChI=1S/C10H16N2O/c1-7(13)9-5-8(11-12-9)6-10(2,3)4/h5H,6H2,1-4H3,(H,11,12). The molecule has 0 aliphatic carbocycles. The summed E-state index contributed by atoms with van der Waals surface area (Å²) in [6.07, 6.45) is 0.910. The first kappa shape index (κ1) is 9.96. The number of Topliss-reactive ketones (excluding diaryl/α,β-unsaturated/α-hetero) is 1. The average Bonchev–Trinajstić information content (AvgIpc) is 2.31. The monoisotopic (exact) mass is 180 g/mol. The quantitative estimate of drug-likeness (QED) is 0.709. The first-order valence-electron chi connectivity index (χ1n) is 4.44. The summed E-state index contributed by atoms with van der Waals surface area (Å²) in [4.78, 5) is 10.9. The Bertz CT molecular complexity index is 307. The maximum atomic E-state index is 10.9. The van der Waals surface area contributed by atoms with E-state index in [1.165, 1.54) is 6.92 Å². The van der Waals surface area contributed by atoms with E-state index >= 15 is 0 Å². The van der Waals surface area contributed by atoms with Crippen molar-refractivity contribution in [2.75, 3.05) is 0 Å². The van der Waals surface area contributed by atoms with Crippen molar-refractivity contribution < 1.29 is 4.79 Å². The zero-order valence-corrected chi connectivity index (χ0v) is 8.64. The van der Waals surface area contributed by atoms with E-state index in [9.17, 15) is 4.79 Å². The van der Waals surface area contributed by atoms with Crippen LogP contribution in [0.25, 0.3) is 0 Å². The molecule has 3 heteroatoms. The SMILES string of the molecule is CC(=O)c1cc(CC(C)(C)C)[nH]n1. The molecule has 0 aromatic carbocycles. The van der Waals surface area contributed by atoms with Gasteiger partial charge in [0, 0.05) is 12.6 Å². The van der Waals surface area contributed by atoms with E-state index < -0.39 is 0 Å². The number of rotatable bonds is 2. The number of aromatic amines is 1. The summed E-state index contributed by atoms with van der Waals surface area (Å²) in [7, 11) is 0. The molecule has 1 aromatic heterocycles. The summed E-state index contributed by atoms with van der Waals surface area (Å²) in [6, 6.07) is 1.83. The first-order valence-corrected chi connectivity index (χ1v) is 4.44. The fraction of sp³-hybridized carbons (Fsp3) is 0.600. The molecule has 0 bridgehead atoms. The highest BCUT2D eigenvalue weighted by Crippen LogP contribution is 2.19. The van der Waals surface area contributed by atoms with Crippen molar-refractivity contribution in [3.63, 3.8) is 0 Å². The number of hydrogen-bond donors (Lipinski definition) is 1. The zero-order chi connectivity index (χ0) is 10.1. The van der Waals surface area contributed by atoms with Crippen molar-refractivity contribution in [1.82, 2.24) is 10.2 Å². The number of nitrogens with zero attached hydrogens (tertiary/aromatic N) is 1. The molecule has 0 radical (unpaired) electrons. The molecule has 0 atom stereocenters. The van der Waals surface area contributed by atoms with Crippen LogP contribution in [0.3, 0.4) is 0 Å². The number of carbonyl (C=O) groups is 1. The fourth-order valence-electron chi connectivity index (χ4n) is 1.20. The minimum absolute atomic E-state index is 0.0106. The summed E-state index contributed by atoms with van der Waals surface area (Å²) >= 11 is 0. The van der Waals surface area contributed by atoms with Crippen LogP contribution >= 0.6 is 0 Å². The molecule has 1 rings (SSSR count). The Kier molecular flexibility index (Phi) is 2.55. The van der Waals surface area contributed by atoms with Gasteiger partial charge < -0.3 is 0 Å². The van der Waals surface area contributed by atoms with Gasteiger partial charge in [-0.05, 0) is 17.9 Å². The van der Waals surface area contributed by atoms with Gasteiger partial charge in [-0.1, -0.05) is 20.8 Å². The Labute approximate surface area is 78.5 Å². The Morgan fingerprint density at radius 2 is 2.15 bits per heavy atom. The number of carbonyl (C=O) groups excluding carboxylic acids is 1. The summed E-state index contributed by atoms with van der Waals surface area (Å²) in [5.74, 6) is 0.0106. The summed E-state index contributed by atoms with van der Waals surface area (Å²) in [6.45, 7) is 7.99. The highest BCUT2D eigenvalue weighted by Gasteiger charge is 2.14. The summed E-state index contributed by atoms with van der Waals surface area (Å²) in [5, 5.41) is 6.80. The van der Waals surface area contributed by atoms with Crippen molar-refractivity contribution in [1.29, 1.82) is 0 Å². The third-order valence-corrected chi connectivity index (χ3v) is 1.71. The van der Waals surface area contributed by atoms with Crippen LogP contribution in [0.1, 0.15) is 43.9 Å². The maximum Gasteiger partial charge on any atom is 0.179 e. The first-order chi connectivity index (χ1) is 5.88. The molecule has 0 fully saturated rings. The molecule has 0 spiro atoms. The fourth-order valence-corrected chi connectivity index (χ4v) is 1.20. The van der Waals surface area contributed by atoms with Gasteiger partial charge in [0.25, 0.3) is 0 Å². The Balaban J connectivity index is 2.75. The second-order valence-electron chi connectivity index (χ2n) is 4.57. The number of aromatic nitrogens is 2. The van der Waals surface area contributed by atoms with Crippen molar-refractivity contribution in [3.8, 4) is 0 Å². The minimum Gasteiger partial charge on any atom is -0.293 e.